The number of benzene rings is 2. The van der Waals surface area contributed by atoms with Crippen LogP contribution in [0.4, 0.5) is 9.39 Å². The number of methoxy groups -OCH3 is 1. The van der Waals surface area contributed by atoms with Crippen LogP contribution in [0, 0.1) is 5.82 Å². The highest BCUT2D eigenvalue weighted by Gasteiger charge is 2.21. The molecule has 7 nitrogen and oxygen atoms in total. The number of carbonyl (C=O) groups excluding carboxylic acids is 2. The fraction of sp³-hybridized carbons (Fsp3) is 0.133. The van der Waals surface area contributed by atoms with Crippen LogP contribution in [0.5, 0.6) is 0 Å². The van der Waals surface area contributed by atoms with Gasteiger partial charge in [-0.25, -0.2) is 14.2 Å². The van der Waals surface area contributed by atoms with Crippen LogP contribution in [-0.4, -0.2) is 40.5 Å². The molecule has 1 N–H and O–H groups in total. The molecule has 0 saturated carbocycles. The number of hydrogen-bond acceptors (Lipinski definition) is 8. The molecule has 2 heterocycles. The second kappa shape index (κ2) is 14.1. The maximum absolute atomic E-state index is 13.5. The number of aromatic nitrogens is 2. The molecule has 2 aromatic carbocycles. The van der Waals surface area contributed by atoms with E-state index in [-0.39, 0.29) is 35.1 Å². The zero-order valence-corrected chi connectivity index (χ0v) is 24.7. The molecule has 4 rings (SSSR count). The molecule has 2 aromatic heterocycles. The first-order valence-corrected chi connectivity index (χ1v) is 15.4. The van der Waals surface area contributed by atoms with Crippen molar-refractivity contribution in [3.8, 4) is 10.4 Å². The molecule has 0 aliphatic carbocycles. The second-order valence-electron chi connectivity index (χ2n) is 8.48. The van der Waals surface area contributed by atoms with Gasteiger partial charge in [-0.05, 0) is 41.0 Å². The van der Waals surface area contributed by atoms with Crippen molar-refractivity contribution in [2.45, 2.75) is 11.7 Å². The Bertz CT molecular complexity index is 1650. The van der Waals surface area contributed by atoms with Crippen molar-refractivity contribution in [1.82, 2.24) is 9.55 Å². The predicted molar refractivity (Wildman–Crippen MR) is 166 cm³/mol. The number of thioether (sulfide) groups is 2. The number of ether oxygens (including phenoxy) is 1. The Balaban J connectivity index is 1.57. The van der Waals surface area contributed by atoms with Gasteiger partial charge in [0.2, 0.25) is 5.91 Å². The Hall–Kier alpha value is -3.93. The van der Waals surface area contributed by atoms with E-state index in [1.807, 2.05) is 42.0 Å². The van der Waals surface area contributed by atoms with Gasteiger partial charge in [0.15, 0.2) is 5.16 Å². The summed E-state index contributed by atoms with van der Waals surface area (Å²) in [5.74, 6) is -1.37. The van der Waals surface area contributed by atoms with Crippen LogP contribution in [0.25, 0.3) is 16.0 Å². The SMILES string of the molecule is C=CCn1c(SCC(=O)Nc2sc(-c3ccccc3)cc2C(=O)OC)ncc(/C(=C\SC)c2ccc(F)cc2)c1=O. The van der Waals surface area contributed by atoms with Gasteiger partial charge < -0.3 is 10.1 Å². The summed E-state index contributed by atoms with van der Waals surface area (Å²) in [5, 5.41) is 5.33. The van der Waals surface area contributed by atoms with E-state index in [2.05, 4.69) is 16.9 Å². The highest BCUT2D eigenvalue weighted by molar-refractivity contribution is 8.01. The van der Waals surface area contributed by atoms with Gasteiger partial charge in [-0.3, -0.25) is 14.2 Å². The lowest BCUT2D eigenvalue weighted by Crippen LogP contribution is -2.26. The van der Waals surface area contributed by atoms with E-state index >= 15 is 0 Å². The van der Waals surface area contributed by atoms with Crippen molar-refractivity contribution in [2.75, 3.05) is 24.4 Å². The second-order valence-corrected chi connectivity index (χ2v) is 11.2. The third kappa shape index (κ3) is 7.24. The van der Waals surface area contributed by atoms with Crippen molar-refractivity contribution in [3.05, 3.63) is 118 Å². The summed E-state index contributed by atoms with van der Waals surface area (Å²) in [6.45, 7) is 3.93. The van der Waals surface area contributed by atoms with E-state index in [1.165, 1.54) is 53.1 Å². The molecule has 0 aliphatic heterocycles. The van der Waals surface area contributed by atoms with Gasteiger partial charge in [-0.1, -0.05) is 60.3 Å². The van der Waals surface area contributed by atoms with Crippen LogP contribution >= 0.6 is 34.9 Å². The largest absolute Gasteiger partial charge is 0.465 e. The lowest BCUT2D eigenvalue weighted by molar-refractivity contribution is -0.113. The summed E-state index contributed by atoms with van der Waals surface area (Å²) in [7, 11) is 1.29. The van der Waals surface area contributed by atoms with E-state index in [4.69, 9.17) is 4.74 Å². The molecular weight excluding hydrogens is 582 g/mol. The molecule has 11 heteroatoms. The van der Waals surface area contributed by atoms with Gasteiger partial charge in [0, 0.05) is 23.2 Å². The molecule has 0 atom stereocenters. The molecule has 4 aromatic rings. The number of thiophene rings is 1. The van der Waals surface area contributed by atoms with Crippen LogP contribution in [0.1, 0.15) is 21.5 Å². The molecule has 0 fully saturated rings. The number of nitrogens with one attached hydrogen (secondary N) is 1. The number of allylic oxidation sites excluding steroid dienone is 1. The predicted octanol–water partition coefficient (Wildman–Crippen LogP) is 6.57. The van der Waals surface area contributed by atoms with Crippen LogP contribution in [0.2, 0.25) is 0 Å². The summed E-state index contributed by atoms with van der Waals surface area (Å²) in [4.78, 5) is 44.2. The summed E-state index contributed by atoms with van der Waals surface area (Å²) in [6.07, 6.45) is 4.91. The monoisotopic (exact) mass is 607 g/mol. The summed E-state index contributed by atoms with van der Waals surface area (Å²) in [6, 6.07) is 17.1. The minimum Gasteiger partial charge on any atom is -0.465 e. The topological polar surface area (TPSA) is 90.3 Å². The van der Waals surface area contributed by atoms with Crippen molar-refractivity contribution in [2.24, 2.45) is 0 Å². The lowest BCUT2D eigenvalue weighted by atomic mass is 10.0. The van der Waals surface area contributed by atoms with Crippen molar-refractivity contribution in [1.29, 1.82) is 0 Å². The van der Waals surface area contributed by atoms with Gasteiger partial charge in [0.1, 0.15) is 10.8 Å². The lowest BCUT2D eigenvalue weighted by Gasteiger charge is -2.14. The number of carbonyl (C=O) groups is 2. The Kier molecular flexibility index (Phi) is 10.3. The van der Waals surface area contributed by atoms with E-state index < -0.39 is 5.97 Å². The molecule has 0 bridgehead atoms. The van der Waals surface area contributed by atoms with Gasteiger partial charge in [0.25, 0.3) is 5.56 Å². The number of rotatable bonds is 11. The minimum absolute atomic E-state index is 0.0619. The Morgan fingerprint density at radius 3 is 2.54 bits per heavy atom. The number of amides is 1. The fourth-order valence-corrected chi connectivity index (χ4v) is 6.22. The van der Waals surface area contributed by atoms with Gasteiger partial charge in [-0.15, -0.1) is 29.7 Å². The zero-order chi connectivity index (χ0) is 29.4. The van der Waals surface area contributed by atoms with E-state index in [1.54, 1.807) is 24.3 Å². The Morgan fingerprint density at radius 1 is 1.15 bits per heavy atom. The van der Waals surface area contributed by atoms with Crippen molar-refractivity contribution >= 4 is 57.3 Å². The first-order valence-electron chi connectivity index (χ1n) is 12.3. The van der Waals surface area contributed by atoms with Crippen molar-refractivity contribution < 1.29 is 18.7 Å². The van der Waals surface area contributed by atoms with Crippen LogP contribution in [0.3, 0.4) is 0 Å². The van der Waals surface area contributed by atoms with Crippen LogP contribution in [0.15, 0.2) is 94.9 Å². The molecule has 1 amide bonds. The van der Waals surface area contributed by atoms with E-state index in [0.29, 0.717) is 26.9 Å². The third-order valence-electron chi connectivity index (χ3n) is 5.78. The summed E-state index contributed by atoms with van der Waals surface area (Å²) in [5.41, 5.74) is 2.49. The van der Waals surface area contributed by atoms with Gasteiger partial charge in [0.05, 0.1) is 24.0 Å². The maximum Gasteiger partial charge on any atom is 0.340 e. The minimum atomic E-state index is -0.557. The average molecular weight is 608 g/mol. The molecule has 210 valence electrons. The number of nitrogens with zero attached hydrogens (tertiary/aromatic N) is 2. The molecule has 0 aliphatic rings. The maximum atomic E-state index is 13.5. The normalized spacial score (nSPS) is 11.2. The summed E-state index contributed by atoms with van der Waals surface area (Å²) < 4.78 is 19.9. The first kappa shape index (κ1) is 30.0. The van der Waals surface area contributed by atoms with Gasteiger partial charge >= 0.3 is 5.97 Å². The summed E-state index contributed by atoms with van der Waals surface area (Å²) >= 11 is 3.77. The smallest absolute Gasteiger partial charge is 0.340 e. The zero-order valence-electron chi connectivity index (χ0n) is 22.3. The van der Waals surface area contributed by atoms with E-state index in [0.717, 1.165) is 22.2 Å². The fourth-order valence-electron chi connectivity index (χ4n) is 3.88. The quantitative estimate of drug-likeness (QED) is 0.0893. The Morgan fingerprint density at radius 2 is 1.88 bits per heavy atom. The third-order valence-corrected chi connectivity index (χ3v) is 8.35. The first-order chi connectivity index (χ1) is 19.9. The Labute approximate surface area is 249 Å². The average Bonchev–Trinajstić information content (AvgIpc) is 3.41. The molecular formula is C30H26FN3O4S3. The van der Waals surface area contributed by atoms with Crippen molar-refractivity contribution in [3.63, 3.8) is 0 Å². The standard InChI is InChI=1S/C30H26FN3O4S3/c1-4-14-34-28(36)23(24(17-39-3)19-10-12-21(31)13-11-19)16-32-30(34)40-18-26(35)33-27-22(29(37)38-2)15-25(41-27)20-8-6-5-7-9-20/h4-13,15-17H,1,14,18H2,2-3H3,(H,33,35)/b24-17-. The number of anilines is 1. The van der Waals surface area contributed by atoms with E-state index in [9.17, 15) is 18.8 Å². The number of halogens is 1. The number of esters is 1. The highest BCUT2D eigenvalue weighted by atomic mass is 32.2. The number of hydrogen-bond donors (Lipinski definition) is 1. The highest BCUT2D eigenvalue weighted by Crippen LogP contribution is 2.36. The molecule has 0 radical (unpaired) electrons. The van der Waals surface area contributed by atoms with Crippen LogP contribution in [-0.2, 0) is 16.1 Å². The van der Waals surface area contributed by atoms with Crippen LogP contribution < -0.4 is 10.9 Å². The molecule has 0 spiro atoms. The molecule has 41 heavy (non-hydrogen) atoms. The molecule has 0 saturated heterocycles. The van der Waals surface area contributed by atoms with Gasteiger partial charge in [-0.2, -0.15) is 0 Å². The molecule has 0 unspecified atom stereocenters.